The average Bonchev–Trinajstić information content (AvgIpc) is 3.00. The highest BCUT2D eigenvalue weighted by molar-refractivity contribution is 5.07. The first-order valence-corrected chi connectivity index (χ1v) is 5.56. The lowest BCUT2D eigenvalue weighted by molar-refractivity contribution is 0.164. The van der Waals surface area contributed by atoms with Crippen LogP contribution in [0.5, 0.6) is 0 Å². The van der Waals surface area contributed by atoms with Gasteiger partial charge in [0.25, 0.3) is 0 Å². The maximum Gasteiger partial charge on any atom is 0.116 e. The second-order valence-electron chi connectivity index (χ2n) is 4.29. The summed E-state index contributed by atoms with van der Waals surface area (Å²) in [6.45, 7) is 3.20. The van der Waals surface area contributed by atoms with Crippen LogP contribution in [0.4, 0.5) is 0 Å². The van der Waals surface area contributed by atoms with E-state index in [4.69, 9.17) is 4.74 Å². The average molecular weight is 193 g/mol. The van der Waals surface area contributed by atoms with E-state index in [1.807, 2.05) is 6.26 Å². The van der Waals surface area contributed by atoms with Crippen molar-refractivity contribution in [2.24, 2.45) is 0 Å². The molecule has 2 aliphatic rings. The Morgan fingerprint density at radius 2 is 2.36 bits per heavy atom. The summed E-state index contributed by atoms with van der Waals surface area (Å²) in [5.41, 5.74) is 1.40. The first-order valence-electron chi connectivity index (χ1n) is 5.56. The standard InChI is InChI=1S/C12H19NO/c1-10(9-13-11-5-6-11)8-12-4-2-3-7-14-12/h3,7-8,11-13H,2,4-6,9H2,1H3. The van der Waals surface area contributed by atoms with Crippen molar-refractivity contribution in [1.29, 1.82) is 0 Å². The molecule has 1 fully saturated rings. The van der Waals surface area contributed by atoms with Crippen molar-refractivity contribution in [3.05, 3.63) is 24.0 Å². The summed E-state index contributed by atoms with van der Waals surface area (Å²) in [6, 6.07) is 0.797. The molecule has 1 unspecified atom stereocenters. The van der Waals surface area contributed by atoms with E-state index in [0.29, 0.717) is 6.10 Å². The van der Waals surface area contributed by atoms with E-state index in [0.717, 1.165) is 25.4 Å². The Kier molecular flexibility index (Phi) is 3.25. The quantitative estimate of drug-likeness (QED) is 0.692. The van der Waals surface area contributed by atoms with Crippen LogP contribution in [0.25, 0.3) is 0 Å². The van der Waals surface area contributed by atoms with Crippen LogP contribution in [0.3, 0.4) is 0 Å². The van der Waals surface area contributed by atoms with Crippen LogP contribution in [-0.4, -0.2) is 18.7 Å². The molecule has 0 spiro atoms. The molecular formula is C12H19NO. The van der Waals surface area contributed by atoms with E-state index >= 15 is 0 Å². The molecule has 1 N–H and O–H groups in total. The van der Waals surface area contributed by atoms with Crippen LogP contribution in [-0.2, 0) is 4.74 Å². The van der Waals surface area contributed by atoms with E-state index in [1.165, 1.54) is 18.4 Å². The molecule has 2 heteroatoms. The molecule has 1 heterocycles. The van der Waals surface area contributed by atoms with E-state index in [2.05, 4.69) is 24.4 Å². The predicted molar refractivity (Wildman–Crippen MR) is 58.0 cm³/mol. The molecule has 0 aromatic carbocycles. The minimum absolute atomic E-state index is 0.306. The zero-order chi connectivity index (χ0) is 9.80. The van der Waals surface area contributed by atoms with Crippen molar-refractivity contribution in [2.75, 3.05) is 6.54 Å². The topological polar surface area (TPSA) is 21.3 Å². The summed E-state index contributed by atoms with van der Waals surface area (Å²) in [6.07, 6.45) is 11.4. The minimum Gasteiger partial charge on any atom is -0.494 e. The molecule has 14 heavy (non-hydrogen) atoms. The van der Waals surface area contributed by atoms with Crippen molar-refractivity contribution in [3.63, 3.8) is 0 Å². The van der Waals surface area contributed by atoms with Crippen molar-refractivity contribution in [3.8, 4) is 0 Å². The van der Waals surface area contributed by atoms with Gasteiger partial charge in [-0.25, -0.2) is 0 Å². The third kappa shape index (κ3) is 3.18. The molecule has 2 rings (SSSR count). The molecule has 0 aromatic heterocycles. The molecule has 78 valence electrons. The Morgan fingerprint density at radius 1 is 1.50 bits per heavy atom. The largest absolute Gasteiger partial charge is 0.494 e. The molecule has 1 aliphatic heterocycles. The molecular weight excluding hydrogens is 174 g/mol. The number of rotatable bonds is 4. The normalized spacial score (nSPS) is 27.5. The van der Waals surface area contributed by atoms with Gasteiger partial charge in [0, 0.05) is 12.6 Å². The zero-order valence-electron chi connectivity index (χ0n) is 8.83. The van der Waals surface area contributed by atoms with Crippen LogP contribution >= 0.6 is 0 Å². The van der Waals surface area contributed by atoms with E-state index in [9.17, 15) is 0 Å². The minimum atomic E-state index is 0.306. The van der Waals surface area contributed by atoms with Gasteiger partial charge >= 0.3 is 0 Å². The van der Waals surface area contributed by atoms with E-state index < -0.39 is 0 Å². The van der Waals surface area contributed by atoms with Gasteiger partial charge in [-0.05, 0) is 44.8 Å². The Bertz CT molecular complexity index is 241. The highest BCUT2D eigenvalue weighted by Gasteiger charge is 2.20. The third-order valence-corrected chi connectivity index (χ3v) is 2.68. The predicted octanol–water partition coefficient (Wildman–Crippen LogP) is 2.38. The summed E-state index contributed by atoms with van der Waals surface area (Å²) >= 11 is 0. The van der Waals surface area contributed by atoms with Gasteiger partial charge < -0.3 is 10.1 Å². The Labute approximate surface area is 86.0 Å². The van der Waals surface area contributed by atoms with Gasteiger partial charge in [0.2, 0.25) is 0 Å². The molecule has 0 radical (unpaired) electrons. The van der Waals surface area contributed by atoms with Gasteiger partial charge in [-0.15, -0.1) is 0 Å². The molecule has 0 saturated heterocycles. The first-order chi connectivity index (χ1) is 6.84. The maximum absolute atomic E-state index is 5.49. The molecule has 2 nitrogen and oxygen atoms in total. The third-order valence-electron chi connectivity index (χ3n) is 2.68. The van der Waals surface area contributed by atoms with Crippen molar-refractivity contribution >= 4 is 0 Å². The van der Waals surface area contributed by atoms with Crippen LogP contribution in [0, 0.1) is 0 Å². The first kappa shape index (κ1) is 9.78. The fourth-order valence-electron chi connectivity index (χ4n) is 1.64. The second kappa shape index (κ2) is 4.65. The van der Waals surface area contributed by atoms with Gasteiger partial charge in [0.1, 0.15) is 6.10 Å². The summed E-state index contributed by atoms with van der Waals surface area (Å²) in [5, 5.41) is 3.50. The van der Waals surface area contributed by atoms with Crippen molar-refractivity contribution in [2.45, 2.75) is 44.8 Å². The van der Waals surface area contributed by atoms with Crippen LogP contribution in [0.15, 0.2) is 24.0 Å². The lowest BCUT2D eigenvalue weighted by atomic mass is 10.1. The van der Waals surface area contributed by atoms with Gasteiger partial charge in [-0.3, -0.25) is 0 Å². The number of allylic oxidation sites excluding steroid dienone is 1. The lowest BCUT2D eigenvalue weighted by Gasteiger charge is -2.16. The summed E-state index contributed by atoms with van der Waals surface area (Å²) in [4.78, 5) is 0. The molecule has 0 amide bonds. The summed E-state index contributed by atoms with van der Waals surface area (Å²) in [5.74, 6) is 0. The fraction of sp³-hybridized carbons (Fsp3) is 0.667. The van der Waals surface area contributed by atoms with E-state index in [1.54, 1.807) is 0 Å². The number of nitrogens with one attached hydrogen (secondary N) is 1. The van der Waals surface area contributed by atoms with Crippen LogP contribution in [0.2, 0.25) is 0 Å². The second-order valence-corrected chi connectivity index (χ2v) is 4.29. The Morgan fingerprint density at radius 3 is 3.00 bits per heavy atom. The molecule has 1 aliphatic carbocycles. The maximum atomic E-state index is 5.49. The van der Waals surface area contributed by atoms with Crippen LogP contribution < -0.4 is 5.32 Å². The number of hydrogen-bond donors (Lipinski definition) is 1. The molecule has 1 atom stereocenters. The molecule has 1 saturated carbocycles. The number of hydrogen-bond acceptors (Lipinski definition) is 2. The van der Waals surface area contributed by atoms with Gasteiger partial charge in [0.05, 0.1) is 6.26 Å². The number of ether oxygens (including phenoxy) is 1. The monoisotopic (exact) mass is 193 g/mol. The zero-order valence-corrected chi connectivity index (χ0v) is 8.83. The van der Waals surface area contributed by atoms with Gasteiger partial charge in [-0.1, -0.05) is 5.57 Å². The Hall–Kier alpha value is -0.760. The Balaban J connectivity index is 1.73. The SMILES string of the molecule is CC(=CC1CCC=CO1)CNC1CC1. The lowest BCUT2D eigenvalue weighted by Crippen LogP contribution is -2.19. The fourth-order valence-corrected chi connectivity index (χ4v) is 1.64. The summed E-state index contributed by atoms with van der Waals surface area (Å²) in [7, 11) is 0. The van der Waals surface area contributed by atoms with E-state index in [-0.39, 0.29) is 0 Å². The van der Waals surface area contributed by atoms with Crippen LogP contribution in [0.1, 0.15) is 32.6 Å². The van der Waals surface area contributed by atoms with Gasteiger partial charge in [0.15, 0.2) is 0 Å². The highest BCUT2D eigenvalue weighted by Crippen LogP contribution is 2.19. The van der Waals surface area contributed by atoms with Crippen molar-refractivity contribution in [1.82, 2.24) is 5.32 Å². The molecule has 0 bridgehead atoms. The summed E-state index contributed by atoms with van der Waals surface area (Å²) < 4.78 is 5.49. The van der Waals surface area contributed by atoms with Crippen molar-refractivity contribution < 1.29 is 4.74 Å². The smallest absolute Gasteiger partial charge is 0.116 e. The highest BCUT2D eigenvalue weighted by atomic mass is 16.5. The molecule has 0 aromatic rings. The van der Waals surface area contributed by atoms with Gasteiger partial charge in [-0.2, -0.15) is 0 Å².